The molecule has 12 heteroatoms. The molecule has 0 saturated carbocycles. The number of anilines is 2. The highest BCUT2D eigenvalue weighted by Gasteiger charge is 2.72. The van der Waals surface area contributed by atoms with E-state index in [4.69, 9.17) is 0 Å². The number of amides is 2. The van der Waals surface area contributed by atoms with Crippen LogP contribution in [0.5, 0.6) is 0 Å². The molecule has 0 unspecified atom stereocenters. The van der Waals surface area contributed by atoms with E-state index in [0.29, 0.717) is 0 Å². The molecule has 0 atom stereocenters. The van der Waals surface area contributed by atoms with Gasteiger partial charge in [-0.1, -0.05) is 26.0 Å². The van der Waals surface area contributed by atoms with Crippen LogP contribution in [0.15, 0.2) is 33.2 Å². The third-order valence-electron chi connectivity index (χ3n) is 5.42. The topological polar surface area (TPSA) is 58.2 Å². The van der Waals surface area contributed by atoms with Gasteiger partial charge in [0.2, 0.25) is 17.2 Å². The first-order valence-corrected chi connectivity index (χ1v) is 11.9. The molecule has 2 amide bonds. The van der Waals surface area contributed by atoms with Gasteiger partial charge in [0.25, 0.3) is 0 Å². The van der Waals surface area contributed by atoms with Crippen LogP contribution in [0.1, 0.15) is 49.9 Å². The van der Waals surface area contributed by atoms with Gasteiger partial charge in [0.15, 0.2) is 0 Å². The third kappa shape index (κ3) is 5.52. The highest BCUT2D eigenvalue weighted by atomic mass is 79.9. The summed E-state index contributed by atoms with van der Waals surface area (Å²) in [6.45, 7) is 5.45. The minimum absolute atomic E-state index is 0.0548. The Labute approximate surface area is 215 Å². The maximum Gasteiger partial charge on any atom is 0.411 e. The zero-order chi connectivity index (χ0) is 26.9. The van der Waals surface area contributed by atoms with Crippen LogP contribution in [0.2, 0.25) is 0 Å². The Morgan fingerprint density at radius 3 is 1.26 bits per heavy atom. The van der Waals surface area contributed by atoms with Crippen LogP contribution in [0, 0.1) is 0 Å². The Kier molecular flexibility index (Phi) is 8.74. The van der Waals surface area contributed by atoms with Gasteiger partial charge in [0.05, 0.1) is 11.4 Å². The van der Waals surface area contributed by atoms with Gasteiger partial charge in [-0.15, -0.1) is 0 Å². The summed E-state index contributed by atoms with van der Waals surface area (Å²) in [4.78, 5) is 23.1. The van der Waals surface area contributed by atoms with Crippen LogP contribution in [0.4, 0.5) is 37.7 Å². The van der Waals surface area contributed by atoms with E-state index in [1.807, 2.05) is 0 Å². The number of alkyl halides is 6. The van der Waals surface area contributed by atoms with Crippen molar-refractivity contribution >= 4 is 55.0 Å². The standard InChI is InChI=1S/C23H22Br2F6N2O2/c1-5-13-7-15(9-17(24)19(13)32-11(3)34)21(22(26,27)28,23(29,30)31)16-8-14(6-2)20(18(25)10-16)33-12(4)35/h7-10H,5-6H2,1-4H3,(H,32,34)(H,33,35). The molecule has 2 rings (SSSR count). The van der Waals surface area contributed by atoms with E-state index in [0.717, 1.165) is 24.3 Å². The van der Waals surface area contributed by atoms with Crippen molar-refractivity contribution in [2.45, 2.75) is 58.3 Å². The van der Waals surface area contributed by atoms with Gasteiger partial charge < -0.3 is 10.6 Å². The minimum atomic E-state index is -5.80. The number of hydrogen-bond donors (Lipinski definition) is 2. The Bertz CT molecular complexity index is 1060. The fraction of sp³-hybridized carbons (Fsp3) is 0.391. The summed E-state index contributed by atoms with van der Waals surface area (Å²) < 4.78 is 88.0. The lowest BCUT2D eigenvalue weighted by Crippen LogP contribution is -2.55. The lowest BCUT2D eigenvalue weighted by molar-refractivity contribution is -0.288. The molecule has 0 saturated heterocycles. The van der Waals surface area contributed by atoms with E-state index in [-0.39, 0.29) is 44.3 Å². The lowest BCUT2D eigenvalue weighted by Gasteiger charge is -2.39. The van der Waals surface area contributed by atoms with Crippen molar-refractivity contribution in [3.63, 3.8) is 0 Å². The predicted molar refractivity (Wildman–Crippen MR) is 129 cm³/mol. The van der Waals surface area contributed by atoms with Crippen LogP contribution < -0.4 is 10.6 Å². The number of hydrogen-bond acceptors (Lipinski definition) is 2. The quantitative estimate of drug-likeness (QED) is 0.322. The molecule has 0 spiro atoms. The highest BCUT2D eigenvalue weighted by Crippen LogP contribution is 2.58. The summed E-state index contributed by atoms with van der Waals surface area (Å²) in [7, 11) is 0. The maximum atomic E-state index is 14.7. The van der Waals surface area contributed by atoms with E-state index in [2.05, 4.69) is 42.5 Å². The third-order valence-corrected chi connectivity index (χ3v) is 6.67. The molecule has 0 aliphatic carbocycles. The molecule has 0 radical (unpaired) electrons. The first-order chi connectivity index (χ1) is 16.0. The zero-order valence-corrected chi connectivity index (χ0v) is 22.2. The van der Waals surface area contributed by atoms with E-state index < -0.39 is 40.7 Å². The average Bonchev–Trinajstić information content (AvgIpc) is 2.69. The fourth-order valence-corrected chi connectivity index (χ4v) is 5.13. The Hall–Kier alpha value is -2.08. The molecule has 2 aromatic rings. The molecule has 4 nitrogen and oxygen atoms in total. The normalized spacial score (nSPS) is 12.5. The molecular formula is C23H22Br2F6N2O2. The molecule has 0 aliphatic heterocycles. The Balaban J connectivity index is 3.05. The Morgan fingerprint density at radius 2 is 1.03 bits per heavy atom. The van der Waals surface area contributed by atoms with E-state index in [1.165, 1.54) is 13.8 Å². The van der Waals surface area contributed by atoms with E-state index in [1.54, 1.807) is 13.8 Å². The summed E-state index contributed by atoms with van der Waals surface area (Å²) in [5.41, 5.74) is -6.15. The average molecular weight is 632 g/mol. The smallest absolute Gasteiger partial charge is 0.325 e. The van der Waals surface area contributed by atoms with Gasteiger partial charge in [-0.2, -0.15) is 26.3 Å². The molecule has 0 bridgehead atoms. The second-order valence-corrected chi connectivity index (χ2v) is 9.51. The summed E-state index contributed by atoms with van der Waals surface area (Å²) in [5, 5.41) is 4.89. The number of aryl methyl sites for hydroxylation is 2. The van der Waals surface area contributed by atoms with Crippen molar-refractivity contribution < 1.29 is 35.9 Å². The second-order valence-electron chi connectivity index (χ2n) is 7.80. The number of carbonyl (C=O) groups is 2. The summed E-state index contributed by atoms with van der Waals surface area (Å²) in [6.07, 6.45) is -11.5. The van der Waals surface area contributed by atoms with Crippen LogP contribution in [-0.4, -0.2) is 24.2 Å². The van der Waals surface area contributed by atoms with Gasteiger partial charge in [0, 0.05) is 22.8 Å². The molecule has 0 heterocycles. The summed E-state index contributed by atoms with van der Waals surface area (Å²) in [6, 6.07) is 3.09. The van der Waals surface area contributed by atoms with Crippen molar-refractivity contribution in [1.29, 1.82) is 0 Å². The molecule has 2 N–H and O–H groups in total. The molecule has 35 heavy (non-hydrogen) atoms. The SMILES string of the molecule is CCc1cc(C(c2cc(Br)c(NC(C)=O)c(CC)c2)(C(F)(F)F)C(F)(F)F)cc(Br)c1NC(C)=O. The molecule has 0 aromatic heterocycles. The number of rotatable bonds is 6. The number of carbonyl (C=O) groups excluding carboxylic acids is 2. The first kappa shape index (κ1) is 29.2. The lowest BCUT2D eigenvalue weighted by atomic mass is 9.71. The predicted octanol–water partition coefficient (Wildman–Crippen LogP) is 7.66. The largest absolute Gasteiger partial charge is 0.411 e. The molecule has 0 fully saturated rings. The van der Waals surface area contributed by atoms with E-state index in [9.17, 15) is 35.9 Å². The van der Waals surface area contributed by atoms with E-state index >= 15 is 0 Å². The second kappa shape index (κ2) is 10.5. The summed E-state index contributed by atoms with van der Waals surface area (Å²) in [5.74, 6) is -1.06. The molecular weight excluding hydrogens is 610 g/mol. The summed E-state index contributed by atoms with van der Waals surface area (Å²) >= 11 is 6.08. The Morgan fingerprint density at radius 1 is 0.714 bits per heavy atom. The highest BCUT2D eigenvalue weighted by molar-refractivity contribution is 9.11. The first-order valence-electron chi connectivity index (χ1n) is 10.4. The van der Waals surface area contributed by atoms with Crippen LogP contribution >= 0.6 is 31.9 Å². The molecule has 192 valence electrons. The van der Waals surface area contributed by atoms with Crippen molar-refractivity contribution in [3.8, 4) is 0 Å². The van der Waals surface area contributed by atoms with Gasteiger partial charge in [-0.05, 0) is 79.1 Å². The monoisotopic (exact) mass is 630 g/mol. The van der Waals surface area contributed by atoms with Gasteiger partial charge in [-0.25, -0.2) is 0 Å². The van der Waals surface area contributed by atoms with Crippen LogP contribution in [-0.2, 0) is 27.8 Å². The van der Waals surface area contributed by atoms with Gasteiger partial charge in [-0.3, -0.25) is 9.59 Å². The maximum absolute atomic E-state index is 14.7. The number of benzene rings is 2. The number of nitrogens with one attached hydrogen (secondary N) is 2. The van der Waals surface area contributed by atoms with Crippen molar-refractivity contribution in [3.05, 3.63) is 55.5 Å². The van der Waals surface area contributed by atoms with Crippen LogP contribution in [0.25, 0.3) is 0 Å². The van der Waals surface area contributed by atoms with Crippen molar-refractivity contribution in [2.75, 3.05) is 10.6 Å². The van der Waals surface area contributed by atoms with Gasteiger partial charge in [0.1, 0.15) is 0 Å². The number of halogens is 8. The van der Waals surface area contributed by atoms with Crippen molar-refractivity contribution in [1.82, 2.24) is 0 Å². The minimum Gasteiger partial charge on any atom is -0.325 e. The molecule has 0 aliphatic rings. The molecule has 2 aromatic carbocycles. The fourth-order valence-electron chi connectivity index (χ4n) is 3.93. The van der Waals surface area contributed by atoms with Crippen molar-refractivity contribution in [2.24, 2.45) is 0 Å². The van der Waals surface area contributed by atoms with Crippen LogP contribution in [0.3, 0.4) is 0 Å². The zero-order valence-electron chi connectivity index (χ0n) is 19.1. The van der Waals surface area contributed by atoms with Gasteiger partial charge >= 0.3 is 12.4 Å².